The number of hydrogen-bond acceptors (Lipinski definition) is 2. The summed E-state index contributed by atoms with van der Waals surface area (Å²) >= 11 is 0. The van der Waals surface area contributed by atoms with Crippen molar-refractivity contribution in [2.24, 2.45) is 23.7 Å². The van der Waals surface area contributed by atoms with Crippen molar-refractivity contribution in [3.05, 3.63) is 0 Å². The molecular formula is C10H19NO. The molecule has 2 saturated heterocycles. The van der Waals surface area contributed by atoms with E-state index >= 15 is 0 Å². The summed E-state index contributed by atoms with van der Waals surface area (Å²) in [6.45, 7) is 9.06. The third kappa shape index (κ3) is 1.38. The molecule has 2 heteroatoms. The molecule has 2 nitrogen and oxygen atoms in total. The lowest BCUT2D eigenvalue weighted by Gasteiger charge is -2.23. The normalized spacial score (nSPS) is 48.5. The Kier molecular flexibility index (Phi) is 2.37. The first kappa shape index (κ1) is 8.52. The maximum atomic E-state index is 5.53. The average molecular weight is 169 g/mol. The van der Waals surface area contributed by atoms with Crippen molar-refractivity contribution in [1.29, 1.82) is 0 Å². The van der Waals surface area contributed by atoms with Crippen molar-refractivity contribution in [2.75, 3.05) is 26.3 Å². The molecule has 2 aliphatic rings. The zero-order chi connectivity index (χ0) is 8.55. The highest BCUT2D eigenvalue weighted by Gasteiger charge is 2.36. The van der Waals surface area contributed by atoms with Crippen LogP contribution in [0, 0.1) is 23.7 Å². The van der Waals surface area contributed by atoms with Crippen LogP contribution in [0.2, 0.25) is 0 Å². The Bertz CT molecular complexity index is 160. The van der Waals surface area contributed by atoms with Crippen LogP contribution in [-0.4, -0.2) is 26.3 Å². The first-order valence-corrected chi connectivity index (χ1v) is 5.07. The molecule has 0 aliphatic carbocycles. The molecule has 0 aromatic rings. The standard InChI is InChI=1S/C10H19NO/c1-7-3-11-4-9-5-12-6-10(9)8(7)2/h7-11H,3-6H2,1-2H3/t7-,8-,9?,10?/m1/s1. The predicted octanol–water partition coefficient (Wildman–Crippen LogP) is 1.12. The van der Waals surface area contributed by atoms with Crippen molar-refractivity contribution in [1.82, 2.24) is 5.32 Å². The molecule has 0 spiro atoms. The Morgan fingerprint density at radius 1 is 1.17 bits per heavy atom. The van der Waals surface area contributed by atoms with Gasteiger partial charge in [-0.25, -0.2) is 0 Å². The highest BCUT2D eigenvalue weighted by atomic mass is 16.5. The molecule has 12 heavy (non-hydrogen) atoms. The fourth-order valence-electron chi connectivity index (χ4n) is 2.51. The molecule has 1 N–H and O–H groups in total. The minimum absolute atomic E-state index is 0.782. The Morgan fingerprint density at radius 3 is 2.83 bits per heavy atom. The average Bonchev–Trinajstić information content (AvgIpc) is 2.46. The lowest BCUT2D eigenvalue weighted by molar-refractivity contribution is 0.161. The smallest absolute Gasteiger partial charge is 0.0510 e. The van der Waals surface area contributed by atoms with E-state index in [1.165, 1.54) is 13.1 Å². The summed E-state index contributed by atoms with van der Waals surface area (Å²) in [5.74, 6) is 3.23. The van der Waals surface area contributed by atoms with E-state index in [1.807, 2.05) is 0 Å². The highest BCUT2D eigenvalue weighted by molar-refractivity contribution is 4.86. The quantitative estimate of drug-likeness (QED) is 0.587. The minimum atomic E-state index is 0.782. The van der Waals surface area contributed by atoms with E-state index in [-0.39, 0.29) is 0 Å². The van der Waals surface area contributed by atoms with Crippen LogP contribution in [0.25, 0.3) is 0 Å². The van der Waals surface area contributed by atoms with Gasteiger partial charge in [-0.3, -0.25) is 0 Å². The van der Waals surface area contributed by atoms with E-state index in [0.717, 1.165) is 36.9 Å². The monoisotopic (exact) mass is 169 g/mol. The minimum Gasteiger partial charge on any atom is -0.381 e. The summed E-state index contributed by atoms with van der Waals surface area (Å²) in [5, 5.41) is 3.52. The summed E-state index contributed by atoms with van der Waals surface area (Å²) in [6.07, 6.45) is 0. The second-order valence-electron chi connectivity index (χ2n) is 4.46. The molecule has 0 amide bonds. The first-order chi connectivity index (χ1) is 5.79. The molecule has 2 aliphatic heterocycles. The van der Waals surface area contributed by atoms with Crippen LogP contribution >= 0.6 is 0 Å². The largest absolute Gasteiger partial charge is 0.381 e. The topological polar surface area (TPSA) is 21.3 Å². The van der Waals surface area contributed by atoms with Gasteiger partial charge >= 0.3 is 0 Å². The summed E-state index contributed by atoms with van der Waals surface area (Å²) in [5.41, 5.74) is 0. The van der Waals surface area contributed by atoms with Gasteiger partial charge < -0.3 is 10.1 Å². The van der Waals surface area contributed by atoms with E-state index in [0.29, 0.717) is 0 Å². The molecule has 2 rings (SSSR count). The van der Waals surface area contributed by atoms with Gasteiger partial charge in [-0.05, 0) is 30.2 Å². The summed E-state index contributed by atoms with van der Waals surface area (Å²) in [6, 6.07) is 0. The van der Waals surface area contributed by atoms with Gasteiger partial charge in [-0.2, -0.15) is 0 Å². The number of rotatable bonds is 0. The molecule has 2 fully saturated rings. The second-order valence-corrected chi connectivity index (χ2v) is 4.46. The maximum Gasteiger partial charge on any atom is 0.0510 e. The lowest BCUT2D eigenvalue weighted by atomic mass is 9.80. The van der Waals surface area contributed by atoms with Crippen molar-refractivity contribution < 1.29 is 4.74 Å². The molecule has 0 aromatic heterocycles. The molecule has 2 heterocycles. The molecule has 4 atom stereocenters. The number of nitrogens with one attached hydrogen (secondary N) is 1. The van der Waals surface area contributed by atoms with Crippen molar-refractivity contribution in [3.8, 4) is 0 Å². The summed E-state index contributed by atoms with van der Waals surface area (Å²) in [7, 11) is 0. The number of ether oxygens (including phenoxy) is 1. The van der Waals surface area contributed by atoms with Crippen LogP contribution in [-0.2, 0) is 4.74 Å². The van der Waals surface area contributed by atoms with E-state index in [1.54, 1.807) is 0 Å². The third-order valence-corrected chi connectivity index (χ3v) is 3.69. The Morgan fingerprint density at radius 2 is 2.00 bits per heavy atom. The lowest BCUT2D eigenvalue weighted by Crippen LogP contribution is -2.24. The summed E-state index contributed by atoms with van der Waals surface area (Å²) in [4.78, 5) is 0. The highest BCUT2D eigenvalue weighted by Crippen LogP contribution is 2.33. The number of fused-ring (bicyclic) bond motifs is 1. The van der Waals surface area contributed by atoms with E-state index in [4.69, 9.17) is 4.74 Å². The van der Waals surface area contributed by atoms with Gasteiger partial charge in [-0.15, -0.1) is 0 Å². The van der Waals surface area contributed by atoms with E-state index in [9.17, 15) is 0 Å². The molecule has 0 radical (unpaired) electrons. The Hall–Kier alpha value is -0.0800. The second kappa shape index (κ2) is 3.35. The third-order valence-electron chi connectivity index (χ3n) is 3.69. The SMILES string of the molecule is C[C@@H]1CNCC2COCC2[C@@H]1C. The van der Waals surface area contributed by atoms with Gasteiger partial charge in [0.25, 0.3) is 0 Å². The fraction of sp³-hybridized carbons (Fsp3) is 1.00. The van der Waals surface area contributed by atoms with Crippen molar-refractivity contribution >= 4 is 0 Å². The Balaban J connectivity index is 2.08. The van der Waals surface area contributed by atoms with Crippen molar-refractivity contribution in [2.45, 2.75) is 13.8 Å². The van der Waals surface area contributed by atoms with Gasteiger partial charge in [0.1, 0.15) is 0 Å². The van der Waals surface area contributed by atoms with Gasteiger partial charge in [0.05, 0.1) is 13.2 Å². The zero-order valence-electron chi connectivity index (χ0n) is 8.05. The molecular weight excluding hydrogens is 150 g/mol. The van der Waals surface area contributed by atoms with Crippen LogP contribution in [0.4, 0.5) is 0 Å². The van der Waals surface area contributed by atoms with Gasteiger partial charge in [-0.1, -0.05) is 13.8 Å². The predicted molar refractivity (Wildman–Crippen MR) is 49.0 cm³/mol. The molecule has 2 unspecified atom stereocenters. The fourth-order valence-corrected chi connectivity index (χ4v) is 2.51. The summed E-state index contributed by atoms with van der Waals surface area (Å²) < 4.78 is 5.53. The number of hydrogen-bond donors (Lipinski definition) is 1. The zero-order valence-corrected chi connectivity index (χ0v) is 8.05. The van der Waals surface area contributed by atoms with Gasteiger partial charge in [0.2, 0.25) is 0 Å². The van der Waals surface area contributed by atoms with Crippen LogP contribution in [0.15, 0.2) is 0 Å². The van der Waals surface area contributed by atoms with E-state index < -0.39 is 0 Å². The van der Waals surface area contributed by atoms with Gasteiger partial charge in [0, 0.05) is 6.54 Å². The maximum absolute atomic E-state index is 5.53. The van der Waals surface area contributed by atoms with Crippen LogP contribution < -0.4 is 5.32 Å². The van der Waals surface area contributed by atoms with E-state index in [2.05, 4.69) is 19.2 Å². The van der Waals surface area contributed by atoms with Crippen molar-refractivity contribution in [3.63, 3.8) is 0 Å². The molecule has 0 bridgehead atoms. The van der Waals surface area contributed by atoms with Crippen LogP contribution in [0.3, 0.4) is 0 Å². The van der Waals surface area contributed by atoms with Crippen LogP contribution in [0.5, 0.6) is 0 Å². The molecule has 0 aromatic carbocycles. The van der Waals surface area contributed by atoms with Crippen LogP contribution in [0.1, 0.15) is 13.8 Å². The van der Waals surface area contributed by atoms with Gasteiger partial charge in [0.15, 0.2) is 0 Å². The Labute approximate surface area is 74.7 Å². The first-order valence-electron chi connectivity index (χ1n) is 5.07. The molecule has 70 valence electrons. The molecule has 0 saturated carbocycles.